The molecule has 1 aliphatic heterocycles. The summed E-state index contributed by atoms with van der Waals surface area (Å²) >= 11 is 0. The van der Waals surface area contributed by atoms with Gasteiger partial charge in [0.25, 0.3) is 5.91 Å². The van der Waals surface area contributed by atoms with E-state index in [1.54, 1.807) is 31.5 Å². The number of nitrogens with zero attached hydrogens (tertiary/aromatic N) is 2. The number of rotatable bonds is 7. The highest BCUT2D eigenvalue weighted by molar-refractivity contribution is 5.81. The van der Waals surface area contributed by atoms with Crippen molar-refractivity contribution in [3.63, 3.8) is 0 Å². The van der Waals surface area contributed by atoms with Gasteiger partial charge in [0.2, 0.25) is 5.91 Å². The summed E-state index contributed by atoms with van der Waals surface area (Å²) in [6.45, 7) is 3.23. The van der Waals surface area contributed by atoms with E-state index in [4.69, 9.17) is 10.5 Å². The number of ether oxygens (including phenoxy) is 1. The molecule has 0 spiro atoms. The van der Waals surface area contributed by atoms with E-state index in [0.717, 1.165) is 19.3 Å². The van der Waals surface area contributed by atoms with Crippen LogP contribution in [0.5, 0.6) is 5.75 Å². The van der Waals surface area contributed by atoms with Crippen molar-refractivity contribution in [2.24, 2.45) is 5.73 Å². The molecular weight excluding hydrogens is 308 g/mol. The van der Waals surface area contributed by atoms with E-state index in [1.807, 2.05) is 4.90 Å². The minimum Gasteiger partial charge on any atom is -0.479 e. The van der Waals surface area contributed by atoms with E-state index in [9.17, 15) is 9.59 Å². The number of pyridine rings is 1. The third-order valence-corrected chi connectivity index (χ3v) is 4.11. The quantitative estimate of drug-likeness (QED) is 0.765. The van der Waals surface area contributed by atoms with Crippen molar-refractivity contribution in [1.29, 1.82) is 0 Å². The highest BCUT2D eigenvalue weighted by Gasteiger charge is 2.30. The first-order valence-electron chi connectivity index (χ1n) is 8.45. The van der Waals surface area contributed by atoms with Gasteiger partial charge in [-0.05, 0) is 38.3 Å². The average molecular weight is 334 g/mol. The van der Waals surface area contributed by atoms with Crippen molar-refractivity contribution in [3.8, 4) is 5.75 Å². The molecule has 2 amide bonds. The van der Waals surface area contributed by atoms with Gasteiger partial charge in [0.15, 0.2) is 6.10 Å². The Balaban J connectivity index is 1.92. The Morgan fingerprint density at radius 3 is 3.04 bits per heavy atom. The van der Waals surface area contributed by atoms with E-state index in [1.165, 1.54) is 0 Å². The average Bonchev–Trinajstić information content (AvgIpc) is 2.60. The zero-order valence-corrected chi connectivity index (χ0v) is 14.1. The first-order chi connectivity index (χ1) is 11.6. The Hall–Kier alpha value is -2.15. The molecule has 24 heavy (non-hydrogen) atoms. The molecule has 2 atom stereocenters. The molecule has 7 nitrogen and oxygen atoms in total. The van der Waals surface area contributed by atoms with Crippen LogP contribution in [0, 0.1) is 0 Å². The summed E-state index contributed by atoms with van der Waals surface area (Å²) in [5, 5.41) is 2.86. The summed E-state index contributed by atoms with van der Waals surface area (Å²) in [6.07, 6.45) is 5.87. The second kappa shape index (κ2) is 9.22. The molecule has 1 aliphatic rings. The zero-order valence-electron chi connectivity index (χ0n) is 14.1. The predicted molar refractivity (Wildman–Crippen MR) is 90.4 cm³/mol. The monoisotopic (exact) mass is 334 g/mol. The van der Waals surface area contributed by atoms with Gasteiger partial charge in [0.1, 0.15) is 5.75 Å². The van der Waals surface area contributed by atoms with Gasteiger partial charge in [-0.2, -0.15) is 0 Å². The molecular formula is C17H26N4O3. The number of nitrogens with one attached hydrogen (secondary N) is 1. The topological polar surface area (TPSA) is 97.5 Å². The van der Waals surface area contributed by atoms with Crippen molar-refractivity contribution in [3.05, 3.63) is 24.5 Å². The number of hydrogen-bond donors (Lipinski definition) is 2. The number of aromatic nitrogens is 1. The summed E-state index contributed by atoms with van der Waals surface area (Å²) in [7, 11) is 0. The standard InChI is InChI=1S/C17H26N4O3/c1-13(24-15-6-4-9-19-12-15)17(23)21-10-3-2-5-14(21)11-20-16(22)7-8-18/h4,6,9,12-14H,2-3,5,7-8,10-11,18H2,1H3,(H,20,22). The van der Waals surface area contributed by atoms with Crippen LogP contribution in [0.25, 0.3) is 0 Å². The summed E-state index contributed by atoms with van der Waals surface area (Å²) in [4.78, 5) is 30.2. The van der Waals surface area contributed by atoms with Gasteiger partial charge in [0.05, 0.1) is 6.20 Å². The summed E-state index contributed by atoms with van der Waals surface area (Å²) in [5.41, 5.74) is 5.38. The molecule has 2 unspecified atom stereocenters. The van der Waals surface area contributed by atoms with Crippen LogP contribution in [0.2, 0.25) is 0 Å². The van der Waals surface area contributed by atoms with Crippen LogP contribution in [0.3, 0.4) is 0 Å². The molecule has 132 valence electrons. The Kier molecular flexibility index (Phi) is 6.99. The maximum atomic E-state index is 12.7. The maximum absolute atomic E-state index is 12.7. The third kappa shape index (κ3) is 5.19. The SMILES string of the molecule is CC(Oc1cccnc1)C(=O)N1CCCCC1CNC(=O)CCN. The predicted octanol–water partition coefficient (Wildman–Crippen LogP) is 0.695. The lowest BCUT2D eigenvalue weighted by Crippen LogP contribution is -2.52. The molecule has 0 aliphatic carbocycles. The fourth-order valence-corrected chi connectivity index (χ4v) is 2.86. The molecule has 0 bridgehead atoms. The Bertz CT molecular complexity index is 538. The van der Waals surface area contributed by atoms with E-state index in [2.05, 4.69) is 10.3 Å². The van der Waals surface area contributed by atoms with Crippen molar-refractivity contribution >= 4 is 11.8 Å². The van der Waals surface area contributed by atoms with Crippen LogP contribution in [0.15, 0.2) is 24.5 Å². The molecule has 3 N–H and O–H groups in total. The van der Waals surface area contributed by atoms with E-state index in [-0.39, 0.29) is 17.9 Å². The zero-order chi connectivity index (χ0) is 17.4. The first-order valence-corrected chi connectivity index (χ1v) is 8.45. The van der Waals surface area contributed by atoms with Crippen molar-refractivity contribution in [2.45, 2.75) is 44.8 Å². The summed E-state index contributed by atoms with van der Waals surface area (Å²) < 4.78 is 5.68. The van der Waals surface area contributed by atoms with Crippen molar-refractivity contribution in [2.75, 3.05) is 19.6 Å². The largest absolute Gasteiger partial charge is 0.479 e. The second-order valence-electron chi connectivity index (χ2n) is 5.97. The molecule has 1 aromatic heterocycles. The van der Waals surface area contributed by atoms with E-state index < -0.39 is 6.10 Å². The fraction of sp³-hybridized carbons (Fsp3) is 0.588. The van der Waals surface area contributed by atoms with Gasteiger partial charge >= 0.3 is 0 Å². The molecule has 0 aromatic carbocycles. The number of nitrogens with two attached hydrogens (primary N) is 1. The van der Waals surface area contributed by atoms with Crippen LogP contribution >= 0.6 is 0 Å². The van der Waals surface area contributed by atoms with E-state index >= 15 is 0 Å². The molecule has 2 rings (SSSR count). The second-order valence-corrected chi connectivity index (χ2v) is 5.97. The summed E-state index contributed by atoms with van der Waals surface area (Å²) in [5.74, 6) is 0.440. The van der Waals surface area contributed by atoms with Crippen LogP contribution in [-0.4, -0.2) is 53.5 Å². The van der Waals surface area contributed by atoms with Gasteiger partial charge in [0, 0.05) is 38.3 Å². The van der Waals surface area contributed by atoms with Gasteiger partial charge in [-0.15, -0.1) is 0 Å². The lowest BCUT2D eigenvalue weighted by Gasteiger charge is -2.37. The number of carbonyl (C=O) groups excluding carboxylic acids is 2. The summed E-state index contributed by atoms with van der Waals surface area (Å²) in [6, 6.07) is 3.55. The van der Waals surface area contributed by atoms with E-state index in [0.29, 0.717) is 31.8 Å². The number of likely N-dealkylation sites (tertiary alicyclic amines) is 1. The lowest BCUT2D eigenvalue weighted by atomic mass is 10.0. The Morgan fingerprint density at radius 1 is 1.50 bits per heavy atom. The molecule has 7 heteroatoms. The molecule has 2 heterocycles. The normalized spacial score (nSPS) is 18.8. The van der Waals surface area contributed by atoms with Crippen molar-refractivity contribution in [1.82, 2.24) is 15.2 Å². The third-order valence-electron chi connectivity index (χ3n) is 4.11. The van der Waals surface area contributed by atoms with Crippen LogP contribution in [0.1, 0.15) is 32.6 Å². The van der Waals surface area contributed by atoms with Crippen LogP contribution < -0.4 is 15.8 Å². The number of hydrogen-bond acceptors (Lipinski definition) is 5. The number of carbonyl (C=O) groups is 2. The maximum Gasteiger partial charge on any atom is 0.263 e. The number of piperidine rings is 1. The van der Waals surface area contributed by atoms with Gasteiger partial charge in [-0.3, -0.25) is 14.6 Å². The fourth-order valence-electron chi connectivity index (χ4n) is 2.86. The molecule has 1 saturated heterocycles. The Labute approximate surface area is 142 Å². The highest BCUT2D eigenvalue weighted by atomic mass is 16.5. The van der Waals surface area contributed by atoms with Crippen molar-refractivity contribution < 1.29 is 14.3 Å². The molecule has 1 fully saturated rings. The molecule has 0 saturated carbocycles. The van der Waals surface area contributed by atoms with Crippen LogP contribution in [-0.2, 0) is 9.59 Å². The van der Waals surface area contributed by atoms with Gasteiger partial charge in [-0.25, -0.2) is 0 Å². The minimum atomic E-state index is -0.588. The van der Waals surface area contributed by atoms with Gasteiger partial charge in [-0.1, -0.05) is 0 Å². The smallest absolute Gasteiger partial charge is 0.263 e. The molecule has 1 aromatic rings. The minimum absolute atomic E-state index is 0.00734. The van der Waals surface area contributed by atoms with Crippen LogP contribution in [0.4, 0.5) is 0 Å². The first kappa shape index (κ1) is 18.2. The molecule has 0 radical (unpaired) electrons. The van der Waals surface area contributed by atoms with Gasteiger partial charge < -0.3 is 20.7 Å². The number of amides is 2. The lowest BCUT2D eigenvalue weighted by molar-refractivity contribution is -0.142. The Morgan fingerprint density at radius 2 is 2.33 bits per heavy atom. The highest BCUT2D eigenvalue weighted by Crippen LogP contribution is 2.19.